The highest BCUT2D eigenvalue weighted by molar-refractivity contribution is 5.94. The molecule has 3 rings (SSSR count). The molecule has 3 aromatic rings. The average molecular weight is 367 g/mol. The first-order valence-corrected chi connectivity index (χ1v) is 9.05. The maximum atomic E-state index is 12.7. The van der Waals surface area contributed by atoms with Crippen molar-refractivity contribution in [3.63, 3.8) is 0 Å². The highest BCUT2D eigenvalue weighted by Gasteiger charge is 2.17. The molecule has 2 aromatic heterocycles. The van der Waals surface area contributed by atoms with E-state index in [4.69, 9.17) is 0 Å². The van der Waals surface area contributed by atoms with Crippen LogP contribution in [0.15, 0.2) is 29.1 Å². The minimum absolute atomic E-state index is 0.126. The van der Waals surface area contributed by atoms with Crippen LogP contribution in [0.1, 0.15) is 29.3 Å². The molecule has 0 aliphatic carbocycles. The third kappa shape index (κ3) is 3.78. The number of para-hydroxylation sites is 1. The largest absolute Gasteiger partial charge is 0.325 e. The Balaban J connectivity index is 1.87. The molecular formula is C20H25N5O2. The van der Waals surface area contributed by atoms with Crippen LogP contribution < -0.4 is 16.2 Å². The second-order valence-electron chi connectivity index (χ2n) is 6.66. The molecule has 3 N–H and O–H groups in total. The Kier molecular flexibility index (Phi) is 5.41. The van der Waals surface area contributed by atoms with Gasteiger partial charge in [0, 0.05) is 25.0 Å². The number of hydrogen-bond acceptors (Lipinski definition) is 4. The number of hydrogen-bond donors (Lipinski definition) is 3. The van der Waals surface area contributed by atoms with E-state index < -0.39 is 0 Å². The number of aromatic amines is 1. The van der Waals surface area contributed by atoms with E-state index in [2.05, 4.69) is 20.7 Å². The summed E-state index contributed by atoms with van der Waals surface area (Å²) in [6.07, 6.45) is 0.171. The third-order valence-electron chi connectivity index (χ3n) is 4.77. The van der Waals surface area contributed by atoms with Crippen LogP contribution in [0.4, 0.5) is 5.69 Å². The van der Waals surface area contributed by atoms with E-state index in [-0.39, 0.29) is 17.9 Å². The van der Waals surface area contributed by atoms with E-state index in [1.807, 2.05) is 45.0 Å². The smallest absolute Gasteiger partial charge is 0.273 e. The number of nitrogens with zero attached hydrogens (tertiary/aromatic N) is 2. The summed E-state index contributed by atoms with van der Waals surface area (Å²) in [7, 11) is 1.75. The second-order valence-corrected chi connectivity index (χ2v) is 6.66. The zero-order valence-electron chi connectivity index (χ0n) is 16.1. The van der Waals surface area contributed by atoms with Gasteiger partial charge in [-0.2, -0.15) is 0 Å². The highest BCUT2D eigenvalue weighted by atomic mass is 16.1. The second kappa shape index (κ2) is 7.75. The summed E-state index contributed by atoms with van der Waals surface area (Å²) < 4.78 is 1.61. The van der Waals surface area contributed by atoms with Gasteiger partial charge in [-0.1, -0.05) is 25.1 Å². The summed E-state index contributed by atoms with van der Waals surface area (Å²) in [5.74, 6) is -0.126. The molecule has 0 aliphatic rings. The van der Waals surface area contributed by atoms with Crippen LogP contribution in [0.5, 0.6) is 0 Å². The summed E-state index contributed by atoms with van der Waals surface area (Å²) in [5.41, 5.74) is 4.60. The van der Waals surface area contributed by atoms with Crippen LogP contribution in [0.2, 0.25) is 0 Å². The van der Waals surface area contributed by atoms with Crippen LogP contribution in [0.25, 0.3) is 11.0 Å². The zero-order valence-corrected chi connectivity index (χ0v) is 16.1. The number of carbonyl (C=O) groups excluding carboxylic acids is 1. The number of aromatic nitrogens is 3. The highest BCUT2D eigenvalue weighted by Crippen LogP contribution is 2.21. The van der Waals surface area contributed by atoms with E-state index in [1.54, 1.807) is 11.7 Å². The van der Waals surface area contributed by atoms with Crippen molar-refractivity contribution in [2.24, 2.45) is 7.05 Å². The molecule has 0 aliphatic heterocycles. The van der Waals surface area contributed by atoms with Crippen molar-refractivity contribution in [1.29, 1.82) is 0 Å². The molecule has 27 heavy (non-hydrogen) atoms. The summed E-state index contributed by atoms with van der Waals surface area (Å²) in [4.78, 5) is 29.4. The summed E-state index contributed by atoms with van der Waals surface area (Å²) in [6, 6.07) is 7.74. The standard InChI is InChI=1S/C20H25N5O2/c1-5-21-11-14-8-6-7-9-16(14)23-17(26)10-15-12(2)18-19(22-13(15)3)25(4)24-20(18)27/h6-9,21H,5,10-11H2,1-4H3,(H,23,26)(H,24,27). The lowest BCUT2D eigenvalue weighted by Crippen LogP contribution is -2.19. The molecule has 7 heteroatoms. The Morgan fingerprint density at radius 2 is 2.00 bits per heavy atom. The lowest BCUT2D eigenvalue weighted by Gasteiger charge is -2.13. The Hall–Kier alpha value is -2.93. The number of aryl methyl sites for hydroxylation is 3. The molecule has 2 heterocycles. The topological polar surface area (TPSA) is 91.8 Å². The first kappa shape index (κ1) is 18.8. The average Bonchev–Trinajstić information content (AvgIpc) is 2.91. The van der Waals surface area contributed by atoms with E-state index in [1.165, 1.54) is 0 Å². The van der Waals surface area contributed by atoms with Gasteiger partial charge in [-0.3, -0.25) is 19.4 Å². The van der Waals surface area contributed by atoms with Gasteiger partial charge in [0.25, 0.3) is 5.56 Å². The molecule has 0 atom stereocenters. The first-order chi connectivity index (χ1) is 12.9. The number of benzene rings is 1. The van der Waals surface area contributed by atoms with E-state index in [9.17, 15) is 9.59 Å². The SMILES string of the molecule is CCNCc1ccccc1NC(=O)Cc1c(C)nc2c(c1C)c(=O)[nH]n2C. The van der Waals surface area contributed by atoms with Crippen LogP contribution >= 0.6 is 0 Å². The summed E-state index contributed by atoms with van der Waals surface area (Å²) in [5, 5.41) is 9.53. The van der Waals surface area contributed by atoms with Gasteiger partial charge < -0.3 is 10.6 Å². The van der Waals surface area contributed by atoms with Crippen LogP contribution in [0, 0.1) is 13.8 Å². The van der Waals surface area contributed by atoms with Gasteiger partial charge in [-0.05, 0) is 43.1 Å². The maximum absolute atomic E-state index is 12.7. The third-order valence-corrected chi connectivity index (χ3v) is 4.77. The Labute approximate surface area is 157 Å². The maximum Gasteiger partial charge on any atom is 0.273 e. The normalized spacial score (nSPS) is 11.1. The molecular weight excluding hydrogens is 342 g/mol. The fourth-order valence-corrected chi connectivity index (χ4v) is 3.32. The molecule has 0 saturated heterocycles. The molecule has 0 unspecified atom stereocenters. The fourth-order valence-electron chi connectivity index (χ4n) is 3.32. The lowest BCUT2D eigenvalue weighted by molar-refractivity contribution is -0.115. The van der Waals surface area contributed by atoms with Crippen molar-refractivity contribution in [3.8, 4) is 0 Å². The molecule has 0 saturated carbocycles. The number of rotatable bonds is 6. The zero-order chi connectivity index (χ0) is 19.6. The Bertz CT molecular complexity index is 1050. The first-order valence-electron chi connectivity index (χ1n) is 9.05. The van der Waals surface area contributed by atoms with E-state index >= 15 is 0 Å². The van der Waals surface area contributed by atoms with Crippen molar-refractivity contribution < 1.29 is 4.79 Å². The molecule has 0 radical (unpaired) electrons. The van der Waals surface area contributed by atoms with Gasteiger partial charge in [0.15, 0.2) is 5.65 Å². The molecule has 1 aromatic carbocycles. The predicted molar refractivity (Wildman–Crippen MR) is 107 cm³/mol. The van der Waals surface area contributed by atoms with Crippen molar-refractivity contribution >= 4 is 22.6 Å². The number of amides is 1. The van der Waals surface area contributed by atoms with Gasteiger partial charge in [0.2, 0.25) is 5.91 Å². The fraction of sp³-hybridized carbons (Fsp3) is 0.350. The molecule has 7 nitrogen and oxygen atoms in total. The minimum atomic E-state index is -0.185. The predicted octanol–water partition coefficient (Wildman–Crippen LogP) is 2.17. The minimum Gasteiger partial charge on any atom is -0.325 e. The number of anilines is 1. The van der Waals surface area contributed by atoms with Crippen LogP contribution in [-0.4, -0.2) is 27.2 Å². The van der Waals surface area contributed by atoms with Gasteiger partial charge in [0.05, 0.1) is 11.8 Å². The molecule has 0 spiro atoms. The number of nitrogens with one attached hydrogen (secondary N) is 3. The quantitative estimate of drug-likeness (QED) is 0.623. The number of carbonyl (C=O) groups is 1. The van der Waals surface area contributed by atoms with Crippen LogP contribution in [0.3, 0.4) is 0 Å². The van der Waals surface area contributed by atoms with E-state index in [0.29, 0.717) is 17.6 Å². The van der Waals surface area contributed by atoms with Gasteiger partial charge in [-0.15, -0.1) is 0 Å². The monoisotopic (exact) mass is 367 g/mol. The lowest BCUT2D eigenvalue weighted by atomic mass is 10.0. The molecule has 142 valence electrons. The van der Waals surface area contributed by atoms with Crippen LogP contribution in [-0.2, 0) is 24.8 Å². The Morgan fingerprint density at radius 1 is 1.26 bits per heavy atom. The summed E-state index contributed by atoms with van der Waals surface area (Å²) >= 11 is 0. The van der Waals surface area contributed by atoms with Gasteiger partial charge in [0.1, 0.15) is 0 Å². The molecule has 1 amide bonds. The van der Waals surface area contributed by atoms with Crippen molar-refractivity contribution in [2.75, 3.05) is 11.9 Å². The van der Waals surface area contributed by atoms with Crippen molar-refractivity contribution in [3.05, 3.63) is 57.0 Å². The van der Waals surface area contributed by atoms with Gasteiger partial charge >= 0.3 is 0 Å². The van der Waals surface area contributed by atoms with Crippen molar-refractivity contribution in [2.45, 2.75) is 33.7 Å². The number of H-pyrrole nitrogens is 1. The summed E-state index contributed by atoms with van der Waals surface area (Å²) in [6.45, 7) is 7.33. The van der Waals surface area contributed by atoms with Crippen molar-refractivity contribution in [1.82, 2.24) is 20.1 Å². The van der Waals surface area contributed by atoms with E-state index in [0.717, 1.165) is 34.6 Å². The number of fused-ring (bicyclic) bond motifs is 1. The Morgan fingerprint density at radius 3 is 2.74 bits per heavy atom. The number of pyridine rings is 1. The van der Waals surface area contributed by atoms with Gasteiger partial charge in [-0.25, -0.2) is 4.98 Å². The molecule has 0 bridgehead atoms. The molecule has 0 fully saturated rings.